The van der Waals surface area contributed by atoms with Crippen LogP contribution in [0.2, 0.25) is 0 Å². The predicted molar refractivity (Wildman–Crippen MR) is 145 cm³/mol. The molecule has 6 rings (SSSR count). The summed E-state index contributed by atoms with van der Waals surface area (Å²) in [6.45, 7) is 4.66. The fraction of sp³-hybridized carbons (Fsp3) is 0.0909. The molecule has 0 aromatic heterocycles. The Morgan fingerprint density at radius 3 is 1.88 bits per heavy atom. The summed E-state index contributed by atoms with van der Waals surface area (Å²) in [6.07, 6.45) is 0. The molecule has 5 aromatic rings. The molecule has 1 heteroatoms. The Kier molecular flexibility index (Phi) is 4.85. The lowest BCUT2D eigenvalue weighted by molar-refractivity contribution is 0.660. The number of anilines is 2. The van der Waals surface area contributed by atoms with Gasteiger partial charge in [-0.1, -0.05) is 111 Å². The molecule has 1 aliphatic rings. The summed E-state index contributed by atoms with van der Waals surface area (Å²) in [7, 11) is 0. The van der Waals surface area contributed by atoms with E-state index in [4.69, 9.17) is 0 Å². The molecular weight excluding hydrogens is 410 g/mol. The van der Waals surface area contributed by atoms with Gasteiger partial charge < -0.3 is 5.32 Å². The highest BCUT2D eigenvalue weighted by Crippen LogP contribution is 2.49. The Bertz CT molecular complexity index is 1480. The van der Waals surface area contributed by atoms with E-state index in [0.717, 1.165) is 11.4 Å². The maximum atomic E-state index is 3.62. The first-order valence-electron chi connectivity index (χ1n) is 11.9. The van der Waals surface area contributed by atoms with Crippen LogP contribution in [-0.4, -0.2) is 0 Å². The van der Waals surface area contributed by atoms with E-state index >= 15 is 0 Å². The van der Waals surface area contributed by atoms with Crippen LogP contribution in [-0.2, 0) is 5.41 Å². The van der Waals surface area contributed by atoms with Gasteiger partial charge in [-0.25, -0.2) is 0 Å². The summed E-state index contributed by atoms with van der Waals surface area (Å²) in [6, 6.07) is 43.5. The lowest BCUT2D eigenvalue weighted by Gasteiger charge is -2.22. The van der Waals surface area contributed by atoms with E-state index in [1.54, 1.807) is 0 Å². The topological polar surface area (TPSA) is 12.0 Å². The maximum absolute atomic E-state index is 3.62. The Labute approximate surface area is 201 Å². The van der Waals surface area contributed by atoms with Crippen molar-refractivity contribution in [3.63, 3.8) is 0 Å². The minimum Gasteiger partial charge on any atom is -0.355 e. The van der Waals surface area contributed by atoms with Gasteiger partial charge in [-0.15, -0.1) is 0 Å². The van der Waals surface area contributed by atoms with Crippen molar-refractivity contribution in [2.75, 3.05) is 5.32 Å². The largest absolute Gasteiger partial charge is 0.355 e. The first-order chi connectivity index (χ1) is 16.6. The van der Waals surface area contributed by atoms with Crippen LogP contribution >= 0.6 is 0 Å². The number of rotatable bonds is 4. The molecule has 0 atom stereocenters. The third-order valence-electron chi connectivity index (χ3n) is 7.09. The summed E-state index contributed by atoms with van der Waals surface area (Å²) in [5.74, 6) is 0. The molecule has 34 heavy (non-hydrogen) atoms. The van der Waals surface area contributed by atoms with Crippen molar-refractivity contribution >= 4 is 11.4 Å². The lowest BCUT2D eigenvalue weighted by atomic mass is 9.81. The highest BCUT2D eigenvalue weighted by molar-refractivity contribution is 5.84. The van der Waals surface area contributed by atoms with E-state index in [0.29, 0.717) is 0 Å². The van der Waals surface area contributed by atoms with Crippen LogP contribution in [0.25, 0.3) is 33.4 Å². The van der Waals surface area contributed by atoms with Gasteiger partial charge in [0.15, 0.2) is 0 Å². The maximum Gasteiger partial charge on any atom is 0.0463 e. The van der Waals surface area contributed by atoms with Crippen molar-refractivity contribution in [3.8, 4) is 33.4 Å². The SMILES string of the molecule is CC1(C)c2ccccc2-c2ccc(-c3ccc(Nc4ccccc4-c4ccccc4)cc3)cc21. The van der Waals surface area contributed by atoms with Crippen molar-refractivity contribution < 1.29 is 0 Å². The van der Waals surface area contributed by atoms with Crippen LogP contribution in [0.3, 0.4) is 0 Å². The van der Waals surface area contributed by atoms with E-state index < -0.39 is 0 Å². The molecule has 0 bridgehead atoms. The second-order valence-corrected chi connectivity index (χ2v) is 9.54. The van der Waals surface area contributed by atoms with Crippen molar-refractivity contribution in [1.82, 2.24) is 0 Å². The van der Waals surface area contributed by atoms with Crippen LogP contribution in [0.4, 0.5) is 11.4 Å². The van der Waals surface area contributed by atoms with Gasteiger partial charge in [-0.2, -0.15) is 0 Å². The Morgan fingerprint density at radius 1 is 0.471 bits per heavy atom. The number of fused-ring (bicyclic) bond motifs is 3. The highest BCUT2D eigenvalue weighted by atomic mass is 14.9. The monoisotopic (exact) mass is 437 g/mol. The van der Waals surface area contributed by atoms with Crippen LogP contribution in [0, 0.1) is 0 Å². The molecule has 1 aliphatic carbocycles. The number of benzene rings is 5. The van der Waals surface area contributed by atoms with Gasteiger partial charge in [0.2, 0.25) is 0 Å². The minimum atomic E-state index is 0.0184. The third-order valence-corrected chi connectivity index (χ3v) is 7.09. The van der Waals surface area contributed by atoms with E-state index in [-0.39, 0.29) is 5.41 Å². The molecular formula is C33H27N. The second kappa shape index (κ2) is 8.04. The molecule has 0 saturated heterocycles. The highest BCUT2D eigenvalue weighted by Gasteiger charge is 2.35. The zero-order valence-electron chi connectivity index (χ0n) is 19.5. The van der Waals surface area contributed by atoms with Crippen molar-refractivity contribution in [2.45, 2.75) is 19.3 Å². The molecule has 0 heterocycles. The average Bonchev–Trinajstić information content (AvgIpc) is 3.12. The van der Waals surface area contributed by atoms with Crippen molar-refractivity contribution in [1.29, 1.82) is 0 Å². The fourth-order valence-electron chi connectivity index (χ4n) is 5.25. The van der Waals surface area contributed by atoms with Gasteiger partial charge in [0.1, 0.15) is 0 Å². The predicted octanol–water partition coefficient (Wildman–Crippen LogP) is 9.07. The third kappa shape index (κ3) is 3.41. The molecule has 164 valence electrons. The van der Waals surface area contributed by atoms with E-state index in [1.165, 1.54) is 44.5 Å². The van der Waals surface area contributed by atoms with Gasteiger partial charge in [-0.3, -0.25) is 0 Å². The Balaban J connectivity index is 1.30. The standard InChI is InChI=1S/C33H27N/c1-33(2)30-14-8-6-13-28(30)29-21-18-25(22-31(29)33)23-16-19-26(20-17-23)34-32-15-9-7-12-27(32)24-10-4-3-5-11-24/h3-22,34H,1-2H3. The molecule has 0 amide bonds. The fourth-order valence-corrected chi connectivity index (χ4v) is 5.25. The molecule has 0 radical (unpaired) electrons. The number of nitrogens with one attached hydrogen (secondary N) is 1. The van der Waals surface area contributed by atoms with E-state index in [2.05, 4.69) is 140 Å². The first kappa shape index (κ1) is 20.5. The van der Waals surface area contributed by atoms with Crippen LogP contribution < -0.4 is 5.32 Å². The lowest BCUT2D eigenvalue weighted by Crippen LogP contribution is -2.14. The van der Waals surface area contributed by atoms with Gasteiger partial charge in [-0.05, 0) is 63.2 Å². The number of hydrogen-bond acceptors (Lipinski definition) is 1. The second-order valence-electron chi connectivity index (χ2n) is 9.54. The number of para-hydroxylation sites is 1. The quantitative estimate of drug-likeness (QED) is 0.296. The normalized spacial score (nSPS) is 13.2. The zero-order valence-corrected chi connectivity index (χ0v) is 19.5. The molecule has 0 unspecified atom stereocenters. The summed E-state index contributed by atoms with van der Waals surface area (Å²) in [4.78, 5) is 0. The number of hydrogen-bond donors (Lipinski definition) is 1. The summed E-state index contributed by atoms with van der Waals surface area (Å²) in [5.41, 5.74) is 12.7. The van der Waals surface area contributed by atoms with Gasteiger partial charge >= 0.3 is 0 Å². The molecule has 5 aromatic carbocycles. The van der Waals surface area contributed by atoms with Crippen LogP contribution in [0.1, 0.15) is 25.0 Å². The van der Waals surface area contributed by atoms with E-state index in [9.17, 15) is 0 Å². The average molecular weight is 438 g/mol. The molecule has 1 N–H and O–H groups in total. The van der Waals surface area contributed by atoms with E-state index in [1.807, 2.05) is 0 Å². The zero-order chi connectivity index (χ0) is 23.1. The minimum absolute atomic E-state index is 0.0184. The van der Waals surface area contributed by atoms with Crippen molar-refractivity contribution in [3.05, 3.63) is 132 Å². The summed E-state index contributed by atoms with van der Waals surface area (Å²) in [5, 5.41) is 3.62. The Hall–Kier alpha value is -4.10. The molecule has 0 aliphatic heterocycles. The summed E-state index contributed by atoms with van der Waals surface area (Å²) >= 11 is 0. The first-order valence-corrected chi connectivity index (χ1v) is 11.9. The van der Waals surface area contributed by atoms with Gasteiger partial charge in [0.25, 0.3) is 0 Å². The smallest absolute Gasteiger partial charge is 0.0463 e. The van der Waals surface area contributed by atoms with Crippen molar-refractivity contribution in [2.24, 2.45) is 0 Å². The molecule has 0 fully saturated rings. The molecule has 0 spiro atoms. The van der Waals surface area contributed by atoms with Crippen LogP contribution in [0.5, 0.6) is 0 Å². The molecule has 1 nitrogen and oxygen atoms in total. The Morgan fingerprint density at radius 2 is 1.09 bits per heavy atom. The van der Waals surface area contributed by atoms with Crippen LogP contribution in [0.15, 0.2) is 121 Å². The van der Waals surface area contributed by atoms with Gasteiger partial charge in [0, 0.05) is 22.4 Å². The molecule has 0 saturated carbocycles. The van der Waals surface area contributed by atoms with Gasteiger partial charge in [0.05, 0.1) is 0 Å². The summed E-state index contributed by atoms with van der Waals surface area (Å²) < 4.78 is 0.